The second-order valence-corrected chi connectivity index (χ2v) is 9.09. The van der Waals surface area contributed by atoms with Crippen LogP contribution < -0.4 is 4.18 Å². The molecule has 2 heterocycles. The summed E-state index contributed by atoms with van der Waals surface area (Å²) in [6.45, 7) is 1.02. The Morgan fingerprint density at radius 2 is 2.00 bits per heavy atom. The zero-order chi connectivity index (χ0) is 17.8. The number of benzene rings is 1. The van der Waals surface area contributed by atoms with Crippen LogP contribution in [0, 0.1) is 0 Å². The number of halogens is 2. The van der Waals surface area contributed by atoms with Crippen molar-refractivity contribution in [2.75, 3.05) is 5.75 Å². The van der Waals surface area contributed by atoms with Gasteiger partial charge in [-0.15, -0.1) is 0 Å². The van der Waals surface area contributed by atoms with Crippen LogP contribution in [0.2, 0.25) is 0 Å². The van der Waals surface area contributed by atoms with Gasteiger partial charge in [-0.2, -0.15) is 17.2 Å². The predicted molar refractivity (Wildman–Crippen MR) is 82.3 cm³/mol. The van der Waals surface area contributed by atoms with Crippen molar-refractivity contribution in [1.29, 1.82) is 0 Å². The second kappa shape index (κ2) is 5.35. The lowest BCUT2D eigenvalue weighted by Gasteiger charge is -2.16. The number of aromatic nitrogens is 1. The topological polar surface area (TPSA) is 90.4 Å². The normalized spacial score (nSPS) is 17.0. The van der Waals surface area contributed by atoms with Crippen molar-refractivity contribution >= 4 is 30.9 Å². The van der Waals surface area contributed by atoms with Crippen molar-refractivity contribution in [2.45, 2.75) is 29.9 Å². The molecule has 1 aromatic carbocycles. The van der Waals surface area contributed by atoms with E-state index in [1.807, 2.05) is 0 Å². The molecule has 0 atom stereocenters. The average Bonchev–Trinajstić information content (AvgIpc) is 2.82. The van der Waals surface area contributed by atoms with Crippen LogP contribution >= 0.6 is 0 Å². The standard InChI is InChI=1S/C14H13F2NO5S2/c1-2-14(15,16)24(20,21)22-11-5-7-17-10-3-4-12-9(13(10)11)6-8-23(12,18)19/h3-5,7H,2,6,8H2,1H3. The Bertz CT molecular complexity index is 1030. The number of hydrogen-bond acceptors (Lipinski definition) is 6. The molecule has 0 radical (unpaired) electrons. The summed E-state index contributed by atoms with van der Waals surface area (Å²) in [5, 5.41) is -3.92. The molecule has 0 unspecified atom stereocenters. The Morgan fingerprint density at radius 1 is 1.29 bits per heavy atom. The van der Waals surface area contributed by atoms with E-state index >= 15 is 0 Å². The number of hydrogen-bond donors (Lipinski definition) is 0. The molecule has 0 saturated carbocycles. The Kier molecular flexibility index (Phi) is 3.79. The van der Waals surface area contributed by atoms with Crippen LogP contribution in [0.1, 0.15) is 18.9 Å². The Hall–Kier alpha value is -1.81. The van der Waals surface area contributed by atoms with Gasteiger partial charge in [0.25, 0.3) is 0 Å². The highest BCUT2D eigenvalue weighted by Crippen LogP contribution is 2.38. The summed E-state index contributed by atoms with van der Waals surface area (Å²) >= 11 is 0. The van der Waals surface area contributed by atoms with Gasteiger partial charge in [-0.3, -0.25) is 4.98 Å². The molecule has 0 amide bonds. The highest BCUT2D eigenvalue weighted by Gasteiger charge is 2.46. The predicted octanol–water partition coefficient (Wildman–Crippen LogP) is 2.28. The highest BCUT2D eigenvalue weighted by atomic mass is 32.2. The number of fused-ring (bicyclic) bond motifs is 3. The molecule has 1 aliphatic rings. The molecular formula is C14H13F2NO5S2. The zero-order valence-corrected chi connectivity index (χ0v) is 14.1. The van der Waals surface area contributed by atoms with Gasteiger partial charge in [0, 0.05) is 24.1 Å². The van der Waals surface area contributed by atoms with Crippen LogP contribution in [-0.2, 0) is 26.4 Å². The van der Waals surface area contributed by atoms with Crippen LogP contribution in [0.15, 0.2) is 29.3 Å². The number of sulfone groups is 1. The minimum Gasteiger partial charge on any atom is -0.377 e. The fraction of sp³-hybridized carbons (Fsp3) is 0.357. The van der Waals surface area contributed by atoms with Crippen molar-refractivity contribution in [3.05, 3.63) is 30.0 Å². The number of pyridine rings is 1. The Labute approximate surface area is 137 Å². The van der Waals surface area contributed by atoms with Crippen molar-refractivity contribution in [3.63, 3.8) is 0 Å². The van der Waals surface area contributed by atoms with Crippen molar-refractivity contribution in [3.8, 4) is 5.75 Å². The molecule has 24 heavy (non-hydrogen) atoms. The van der Waals surface area contributed by atoms with Gasteiger partial charge in [-0.05, 0) is 24.1 Å². The molecule has 0 spiro atoms. The molecule has 1 aliphatic heterocycles. The molecule has 1 aromatic heterocycles. The van der Waals surface area contributed by atoms with E-state index in [0.29, 0.717) is 5.56 Å². The fourth-order valence-corrected chi connectivity index (χ4v) is 4.98. The van der Waals surface area contributed by atoms with Crippen LogP contribution in [0.5, 0.6) is 5.75 Å². The van der Waals surface area contributed by atoms with Gasteiger partial charge in [-0.25, -0.2) is 8.42 Å². The third-order valence-corrected chi connectivity index (χ3v) is 7.08. The van der Waals surface area contributed by atoms with Crippen LogP contribution in [0.25, 0.3) is 10.9 Å². The lowest BCUT2D eigenvalue weighted by Crippen LogP contribution is -2.32. The van der Waals surface area contributed by atoms with Gasteiger partial charge in [0.2, 0.25) is 0 Å². The third kappa shape index (κ3) is 2.53. The number of nitrogens with zero attached hydrogens (tertiary/aromatic N) is 1. The average molecular weight is 377 g/mol. The largest absolute Gasteiger partial charge is 0.380 e. The maximum absolute atomic E-state index is 13.6. The van der Waals surface area contributed by atoms with Gasteiger partial charge in [0.1, 0.15) is 0 Å². The van der Waals surface area contributed by atoms with E-state index in [9.17, 15) is 25.6 Å². The minimum absolute atomic E-state index is 0.0486. The zero-order valence-electron chi connectivity index (χ0n) is 12.5. The first-order valence-corrected chi connectivity index (χ1v) is 10.1. The summed E-state index contributed by atoms with van der Waals surface area (Å²) < 4.78 is 79.5. The van der Waals surface area contributed by atoms with Crippen LogP contribution in [-0.4, -0.2) is 32.8 Å². The van der Waals surface area contributed by atoms with Crippen LogP contribution in [0.4, 0.5) is 8.78 Å². The van der Waals surface area contributed by atoms with Gasteiger partial charge >= 0.3 is 15.4 Å². The van der Waals surface area contributed by atoms with E-state index in [1.165, 1.54) is 18.3 Å². The molecule has 0 saturated heterocycles. The van der Waals surface area contributed by atoms with Gasteiger partial charge < -0.3 is 4.18 Å². The van der Waals surface area contributed by atoms with Gasteiger partial charge in [0.05, 0.1) is 16.2 Å². The molecule has 2 aromatic rings. The second-order valence-electron chi connectivity index (χ2n) is 5.34. The smallest absolute Gasteiger partial charge is 0.377 e. The molecule has 0 bridgehead atoms. The van der Waals surface area contributed by atoms with E-state index in [0.717, 1.165) is 13.0 Å². The fourth-order valence-electron chi connectivity index (χ4n) is 2.58. The van der Waals surface area contributed by atoms with Gasteiger partial charge in [-0.1, -0.05) is 6.92 Å². The molecule has 6 nitrogen and oxygen atoms in total. The first-order chi connectivity index (χ1) is 11.1. The lowest BCUT2D eigenvalue weighted by molar-refractivity contribution is 0.0783. The Morgan fingerprint density at radius 3 is 2.67 bits per heavy atom. The van der Waals surface area contributed by atoms with E-state index in [2.05, 4.69) is 9.17 Å². The molecule has 0 aliphatic carbocycles. The van der Waals surface area contributed by atoms with Crippen molar-refractivity contribution in [1.82, 2.24) is 4.98 Å². The number of rotatable bonds is 4. The number of alkyl halides is 2. The van der Waals surface area contributed by atoms with Crippen molar-refractivity contribution in [2.24, 2.45) is 0 Å². The first kappa shape index (κ1) is 17.0. The molecule has 0 fully saturated rings. The molecule has 0 N–H and O–H groups in total. The number of aryl methyl sites for hydroxylation is 1. The summed E-state index contributed by atoms with van der Waals surface area (Å²) in [7, 11) is -8.68. The van der Waals surface area contributed by atoms with E-state index in [1.54, 1.807) is 0 Å². The SMILES string of the molecule is CCC(F)(F)S(=O)(=O)Oc1ccnc2ccc3c(c12)CCS3(=O)=O. The summed E-state index contributed by atoms with van der Waals surface area (Å²) in [5.41, 5.74) is 0.615. The maximum atomic E-state index is 13.6. The van der Waals surface area contributed by atoms with Gasteiger partial charge in [0.15, 0.2) is 15.6 Å². The molecule has 10 heteroatoms. The first-order valence-electron chi connectivity index (χ1n) is 7.04. The van der Waals surface area contributed by atoms with E-state index in [4.69, 9.17) is 0 Å². The summed E-state index contributed by atoms with van der Waals surface area (Å²) in [6, 6.07) is 3.91. The Balaban J connectivity index is 2.23. The summed E-state index contributed by atoms with van der Waals surface area (Å²) in [6.07, 6.45) is 0.416. The monoisotopic (exact) mass is 377 g/mol. The third-order valence-electron chi connectivity index (χ3n) is 3.87. The minimum atomic E-state index is -5.21. The summed E-state index contributed by atoms with van der Waals surface area (Å²) in [5.74, 6) is -0.477. The molecule has 130 valence electrons. The molecular weight excluding hydrogens is 364 g/mol. The van der Waals surface area contributed by atoms with E-state index in [-0.39, 0.29) is 33.7 Å². The highest BCUT2D eigenvalue weighted by molar-refractivity contribution is 7.91. The molecule has 3 rings (SSSR count). The van der Waals surface area contributed by atoms with E-state index < -0.39 is 31.6 Å². The summed E-state index contributed by atoms with van der Waals surface area (Å²) in [4.78, 5) is 4.07. The lowest BCUT2D eigenvalue weighted by atomic mass is 10.1. The quantitative estimate of drug-likeness (QED) is 0.760. The maximum Gasteiger partial charge on any atom is 0.380 e. The van der Waals surface area contributed by atoms with Crippen molar-refractivity contribution < 1.29 is 29.8 Å². The van der Waals surface area contributed by atoms with Crippen LogP contribution in [0.3, 0.4) is 0 Å².